The van der Waals surface area contributed by atoms with Gasteiger partial charge in [0.1, 0.15) is 5.82 Å². The molecule has 0 aliphatic heterocycles. The normalized spacial score (nSPS) is 17.8. The minimum absolute atomic E-state index is 0.342. The van der Waals surface area contributed by atoms with Gasteiger partial charge in [0.15, 0.2) is 5.82 Å². The van der Waals surface area contributed by atoms with E-state index >= 15 is 0 Å². The van der Waals surface area contributed by atoms with Gasteiger partial charge in [-0.2, -0.15) is 5.10 Å². The second-order valence-electron chi connectivity index (χ2n) is 5.03. The van der Waals surface area contributed by atoms with Crippen LogP contribution in [0.1, 0.15) is 31.5 Å². The number of H-pyrrole nitrogens is 1. The monoisotopic (exact) mass is 262 g/mol. The largest absolute Gasteiger partial charge is 0.347 e. The van der Waals surface area contributed by atoms with E-state index in [4.69, 9.17) is 5.73 Å². The van der Waals surface area contributed by atoms with Gasteiger partial charge < -0.3 is 5.73 Å². The summed E-state index contributed by atoms with van der Waals surface area (Å²) in [5.41, 5.74) is 6.00. The average Bonchev–Trinajstić information content (AvgIpc) is 2.98. The lowest BCUT2D eigenvalue weighted by Gasteiger charge is -2.22. The molecule has 1 aliphatic rings. The van der Waals surface area contributed by atoms with Crippen molar-refractivity contribution >= 4 is 0 Å². The van der Waals surface area contributed by atoms with Crippen LogP contribution in [0.4, 0.5) is 4.39 Å². The summed E-state index contributed by atoms with van der Waals surface area (Å²) in [5, 5.41) is 6.51. The van der Waals surface area contributed by atoms with E-state index in [1.807, 2.05) is 0 Å². The second kappa shape index (κ2) is 4.31. The van der Waals surface area contributed by atoms with E-state index in [1.54, 1.807) is 12.1 Å². The van der Waals surface area contributed by atoms with Crippen LogP contribution in [-0.2, 0) is 5.54 Å². The summed E-state index contributed by atoms with van der Waals surface area (Å²) in [6, 6.07) is 5.73. The summed E-state index contributed by atoms with van der Waals surface area (Å²) in [5.74, 6) is 0.187. The van der Waals surface area contributed by atoms with Gasteiger partial charge in [-0.3, -0.25) is 0 Å². The molecule has 1 heterocycles. The Bertz CT molecular complexity index is 637. The molecule has 3 N–H and O–H groups in total. The molecule has 2 aromatic rings. The highest BCUT2D eigenvalue weighted by molar-refractivity contribution is 5.34. The van der Waals surface area contributed by atoms with Crippen LogP contribution in [-0.4, -0.2) is 14.8 Å². The maximum absolute atomic E-state index is 13.0. The van der Waals surface area contributed by atoms with Crippen molar-refractivity contribution in [2.45, 2.75) is 31.2 Å². The Balaban J connectivity index is 2.13. The van der Waals surface area contributed by atoms with Gasteiger partial charge in [-0.05, 0) is 37.1 Å². The van der Waals surface area contributed by atoms with Crippen LogP contribution in [0.25, 0.3) is 5.69 Å². The van der Waals surface area contributed by atoms with Gasteiger partial charge in [0.2, 0.25) is 0 Å². The van der Waals surface area contributed by atoms with Crippen LogP contribution >= 0.6 is 0 Å². The van der Waals surface area contributed by atoms with Gasteiger partial charge in [0.05, 0.1) is 11.2 Å². The van der Waals surface area contributed by atoms with Gasteiger partial charge in [-0.1, -0.05) is 12.8 Å². The smallest absolute Gasteiger partial charge is 0.319 e. The lowest BCUT2D eigenvalue weighted by atomic mass is 9.98. The summed E-state index contributed by atoms with van der Waals surface area (Å²) in [4.78, 5) is 11.9. The topological polar surface area (TPSA) is 76.7 Å². The maximum atomic E-state index is 13.0. The number of halogens is 1. The second-order valence-corrected chi connectivity index (χ2v) is 5.03. The van der Waals surface area contributed by atoms with Crippen molar-refractivity contribution in [1.82, 2.24) is 14.8 Å². The van der Waals surface area contributed by atoms with Crippen molar-refractivity contribution in [2.24, 2.45) is 5.73 Å². The van der Waals surface area contributed by atoms with Gasteiger partial charge in [0.25, 0.3) is 0 Å². The highest BCUT2D eigenvalue weighted by Crippen LogP contribution is 2.35. The molecule has 1 saturated carbocycles. The van der Waals surface area contributed by atoms with Gasteiger partial charge >= 0.3 is 5.69 Å². The average molecular weight is 262 g/mol. The molecular formula is C13H15FN4O. The number of aromatic nitrogens is 3. The van der Waals surface area contributed by atoms with E-state index < -0.39 is 5.54 Å². The zero-order valence-electron chi connectivity index (χ0n) is 10.4. The lowest BCUT2D eigenvalue weighted by molar-refractivity contribution is 0.423. The molecule has 0 saturated heterocycles. The highest BCUT2D eigenvalue weighted by Gasteiger charge is 2.36. The molecule has 0 amide bonds. The zero-order chi connectivity index (χ0) is 13.5. The Morgan fingerprint density at radius 3 is 2.53 bits per heavy atom. The molecule has 5 nitrogen and oxygen atoms in total. The first-order valence-corrected chi connectivity index (χ1v) is 6.33. The number of hydrogen-bond acceptors (Lipinski definition) is 3. The molecule has 0 spiro atoms. The number of nitrogens with zero attached hydrogens (tertiary/aromatic N) is 2. The fourth-order valence-electron chi connectivity index (χ4n) is 2.69. The minimum Gasteiger partial charge on any atom is -0.319 e. The van der Waals surface area contributed by atoms with E-state index in [1.165, 1.54) is 16.7 Å². The SMILES string of the molecule is NC1(c2n[nH]c(=O)n2-c2ccc(F)cc2)CCCC1. The standard InChI is InChI=1S/C13H15FN4O/c14-9-3-5-10(6-4-9)18-11(16-17-12(18)19)13(15)7-1-2-8-13/h3-6H,1-2,7-8,15H2,(H,17,19). The highest BCUT2D eigenvalue weighted by atomic mass is 19.1. The van der Waals surface area contributed by atoms with Crippen LogP contribution < -0.4 is 11.4 Å². The third kappa shape index (κ3) is 1.98. The van der Waals surface area contributed by atoms with Crippen molar-refractivity contribution in [2.75, 3.05) is 0 Å². The van der Waals surface area contributed by atoms with Crippen LogP contribution in [0.5, 0.6) is 0 Å². The van der Waals surface area contributed by atoms with Crippen molar-refractivity contribution in [1.29, 1.82) is 0 Å². The third-order valence-corrected chi connectivity index (χ3v) is 3.70. The summed E-state index contributed by atoms with van der Waals surface area (Å²) >= 11 is 0. The van der Waals surface area contributed by atoms with E-state index in [9.17, 15) is 9.18 Å². The van der Waals surface area contributed by atoms with Crippen LogP contribution in [0.15, 0.2) is 29.1 Å². The van der Waals surface area contributed by atoms with Gasteiger partial charge in [0, 0.05) is 0 Å². The van der Waals surface area contributed by atoms with E-state index in [-0.39, 0.29) is 11.5 Å². The molecule has 1 aromatic carbocycles. The maximum Gasteiger partial charge on any atom is 0.347 e. The molecule has 0 bridgehead atoms. The Labute approximate surface area is 109 Å². The molecule has 1 fully saturated rings. The van der Waals surface area contributed by atoms with Crippen LogP contribution in [0, 0.1) is 5.82 Å². The first-order valence-electron chi connectivity index (χ1n) is 6.33. The molecule has 19 heavy (non-hydrogen) atoms. The lowest BCUT2D eigenvalue weighted by Crippen LogP contribution is -2.37. The van der Waals surface area contributed by atoms with Gasteiger partial charge in [-0.25, -0.2) is 18.9 Å². The Morgan fingerprint density at radius 2 is 1.89 bits per heavy atom. The number of aromatic amines is 1. The van der Waals surface area contributed by atoms with Crippen LogP contribution in [0.3, 0.4) is 0 Å². The van der Waals surface area contributed by atoms with Gasteiger partial charge in [-0.15, -0.1) is 0 Å². The van der Waals surface area contributed by atoms with Crippen molar-refractivity contribution in [3.05, 3.63) is 46.4 Å². The molecule has 0 atom stereocenters. The Morgan fingerprint density at radius 1 is 1.26 bits per heavy atom. The number of benzene rings is 1. The van der Waals surface area contributed by atoms with E-state index in [0.717, 1.165) is 25.7 Å². The first-order chi connectivity index (χ1) is 9.10. The Hall–Kier alpha value is -1.95. The van der Waals surface area contributed by atoms with Crippen molar-refractivity contribution in [3.63, 3.8) is 0 Å². The summed E-state index contributed by atoms with van der Waals surface area (Å²) in [6.45, 7) is 0. The number of rotatable bonds is 2. The fraction of sp³-hybridized carbons (Fsp3) is 0.385. The molecule has 1 aromatic heterocycles. The number of nitrogens with one attached hydrogen (secondary N) is 1. The van der Waals surface area contributed by atoms with Crippen molar-refractivity contribution < 1.29 is 4.39 Å². The number of hydrogen-bond donors (Lipinski definition) is 2. The predicted molar refractivity (Wildman–Crippen MR) is 68.5 cm³/mol. The van der Waals surface area contributed by atoms with E-state index in [0.29, 0.717) is 11.5 Å². The predicted octanol–water partition coefficient (Wildman–Crippen LogP) is 1.43. The fourth-order valence-corrected chi connectivity index (χ4v) is 2.69. The quantitative estimate of drug-likeness (QED) is 0.859. The third-order valence-electron chi connectivity index (χ3n) is 3.70. The summed E-state index contributed by atoms with van der Waals surface area (Å²) in [6.07, 6.45) is 3.67. The minimum atomic E-state index is -0.576. The number of nitrogens with two attached hydrogens (primary N) is 1. The molecule has 0 radical (unpaired) electrons. The molecule has 100 valence electrons. The molecular weight excluding hydrogens is 247 g/mol. The zero-order valence-corrected chi connectivity index (χ0v) is 10.4. The first kappa shape index (κ1) is 12.1. The van der Waals surface area contributed by atoms with E-state index in [2.05, 4.69) is 10.2 Å². The molecule has 0 unspecified atom stereocenters. The van der Waals surface area contributed by atoms with Crippen molar-refractivity contribution in [3.8, 4) is 5.69 Å². The molecule has 3 rings (SSSR count). The van der Waals surface area contributed by atoms with Crippen LogP contribution in [0.2, 0.25) is 0 Å². The Kier molecular flexibility index (Phi) is 2.74. The molecule has 6 heteroatoms. The summed E-state index contributed by atoms with van der Waals surface area (Å²) < 4.78 is 14.4. The summed E-state index contributed by atoms with van der Waals surface area (Å²) in [7, 11) is 0. The molecule has 1 aliphatic carbocycles.